The minimum Gasteiger partial charge on any atom is -0.475 e. The summed E-state index contributed by atoms with van der Waals surface area (Å²) < 4.78 is 8.18. The molecule has 0 radical (unpaired) electrons. The van der Waals surface area contributed by atoms with Crippen molar-refractivity contribution in [1.29, 1.82) is 0 Å². The van der Waals surface area contributed by atoms with Crippen LogP contribution < -0.4 is 0 Å². The Morgan fingerprint density at radius 3 is 2.86 bits per heavy atom. The predicted octanol–water partition coefficient (Wildman–Crippen LogP) is 5.05. The van der Waals surface area contributed by atoms with Crippen molar-refractivity contribution in [3.05, 3.63) is 69.5 Å². The van der Waals surface area contributed by atoms with Crippen molar-refractivity contribution >= 4 is 43.3 Å². The Morgan fingerprint density at radius 2 is 1.95 bits per heavy atom. The Bertz CT molecular complexity index is 855. The van der Waals surface area contributed by atoms with Crippen molar-refractivity contribution in [1.82, 2.24) is 0 Å². The minimum atomic E-state index is 0.195. The minimum absolute atomic E-state index is 0.195. The van der Waals surface area contributed by atoms with E-state index in [9.17, 15) is 0 Å². The van der Waals surface area contributed by atoms with Crippen LogP contribution in [-0.4, -0.2) is 18.5 Å². The van der Waals surface area contributed by atoms with Crippen molar-refractivity contribution < 1.29 is 4.74 Å². The molecule has 0 aliphatic carbocycles. The van der Waals surface area contributed by atoms with E-state index in [1.807, 2.05) is 24.3 Å². The van der Waals surface area contributed by atoms with Gasteiger partial charge in [-0.25, -0.2) is 4.99 Å². The molecule has 2 aromatic carbocycles. The summed E-state index contributed by atoms with van der Waals surface area (Å²) in [6, 6.07) is 16.8. The molecule has 0 amide bonds. The first-order valence-electron chi connectivity index (χ1n) is 7.22. The maximum atomic E-state index is 5.82. The molecule has 1 aromatic heterocycles. The number of halogens is 1. The third-order valence-corrected chi connectivity index (χ3v) is 5.54. The van der Waals surface area contributed by atoms with Crippen molar-refractivity contribution in [2.24, 2.45) is 4.99 Å². The van der Waals surface area contributed by atoms with Crippen LogP contribution in [0.4, 0.5) is 0 Å². The lowest BCUT2D eigenvalue weighted by atomic mass is 10.1. The van der Waals surface area contributed by atoms with Crippen LogP contribution in [0.5, 0.6) is 0 Å². The summed E-state index contributed by atoms with van der Waals surface area (Å²) in [6.07, 6.45) is 0.929. The molecule has 4 heteroatoms. The average Bonchev–Trinajstić information content (AvgIpc) is 3.16. The molecule has 0 fully saturated rings. The van der Waals surface area contributed by atoms with E-state index in [0.29, 0.717) is 6.61 Å². The molecule has 0 spiro atoms. The van der Waals surface area contributed by atoms with Gasteiger partial charge in [0.05, 0.1) is 11.6 Å². The van der Waals surface area contributed by atoms with E-state index in [-0.39, 0.29) is 6.04 Å². The van der Waals surface area contributed by atoms with Gasteiger partial charge in [0.1, 0.15) is 6.61 Å². The molecular formula is C18H14BrNOS. The van der Waals surface area contributed by atoms with E-state index in [2.05, 4.69) is 45.6 Å². The Balaban J connectivity index is 1.59. The number of ether oxygens (including phenoxy) is 1. The van der Waals surface area contributed by atoms with Gasteiger partial charge in [-0.1, -0.05) is 30.3 Å². The van der Waals surface area contributed by atoms with Gasteiger partial charge in [-0.3, -0.25) is 0 Å². The monoisotopic (exact) mass is 371 g/mol. The second-order valence-corrected chi connectivity index (χ2v) is 7.11. The summed E-state index contributed by atoms with van der Waals surface area (Å²) in [6.45, 7) is 0.654. The van der Waals surface area contributed by atoms with Gasteiger partial charge in [-0.15, -0.1) is 11.3 Å². The maximum absolute atomic E-state index is 5.82. The molecule has 3 aromatic rings. The first-order chi connectivity index (χ1) is 10.8. The first-order valence-corrected chi connectivity index (χ1v) is 8.89. The third-order valence-electron chi connectivity index (χ3n) is 3.83. The molecule has 2 heterocycles. The SMILES string of the molecule is Brc1ccccc1C1=N[C@@H](Cc2csc3ccccc23)CO1. The van der Waals surface area contributed by atoms with Crippen LogP contribution in [-0.2, 0) is 11.2 Å². The Hall–Kier alpha value is -1.65. The fourth-order valence-electron chi connectivity index (χ4n) is 2.75. The quantitative estimate of drug-likeness (QED) is 0.630. The highest BCUT2D eigenvalue weighted by Crippen LogP contribution is 2.28. The smallest absolute Gasteiger partial charge is 0.217 e. The molecule has 1 aliphatic heterocycles. The highest BCUT2D eigenvalue weighted by molar-refractivity contribution is 9.10. The third kappa shape index (κ3) is 2.57. The summed E-state index contributed by atoms with van der Waals surface area (Å²) in [4.78, 5) is 4.77. The second-order valence-electron chi connectivity index (χ2n) is 5.34. The van der Waals surface area contributed by atoms with Crippen LogP contribution in [0.25, 0.3) is 10.1 Å². The van der Waals surface area contributed by atoms with Gasteiger partial charge in [0.25, 0.3) is 0 Å². The zero-order chi connectivity index (χ0) is 14.9. The maximum Gasteiger partial charge on any atom is 0.217 e. The van der Waals surface area contributed by atoms with Crippen molar-refractivity contribution in [3.63, 3.8) is 0 Å². The highest BCUT2D eigenvalue weighted by Gasteiger charge is 2.22. The van der Waals surface area contributed by atoms with Gasteiger partial charge in [-0.05, 0) is 56.9 Å². The predicted molar refractivity (Wildman–Crippen MR) is 95.9 cm³/mol. The number of benzene rings is 2. The second kappa shape index (κ2) is 5.86. The topological polar surface area (TPSA) is 21.6 Å². The normalized spacial score (nSPS) is 17.5. The van der Waals surface area contributed by atoms with Crippen LogP contribution in [0.3, 0.4) is 0 Å². The van der Waals surface area contributed by atoms with Crippen LogP contribution in [0.15, 0.2) is 63.4 Å². The van der Waals surface area contributed by atoms with Gasteiger partial charge < -0.3 is 4.74 Å². The molecule has 0 bridgehead atoms. The molecule has 0 saturated heterocycles. The molecule has 1 aliphatic rings. The van der Waals surface area contributed by atoms with E-state index in [0.717, 1.165) is 22.4 Å². The lowest BCUT2D eigenvalue weighted by molar-refractivity contribution is 0.317. The van der Waals surface area contributed by atoms with Gasteiger partial charge in [0.15, 0.2) is 0 Å². The highest BCUT2D eigenvalue weighted by atomic mass is 79.9. The number of rotatable bonds is 3. The molecule has 0 unspecified atom stereocenters. The Kier molecular flexibility index (Phi) is 3.72. The van der Waals surface area contributed by atoms with Crippen LogP contribution >= 0.6 is 27.3 Å². The number of hydrogen-bond acceptors (Lipinski definition) is 3. The van der Waals surface area contributed by atoms with Crippen molar-refractivity contribution in [3.8, 4) is 0 Å². The van der Waals surface area contributed by atoms with E-state index in [1.165, 1.54) is 15.6 Å². The van der Waals surface area contributed by atoms with E-state index < -0.39 is 0 Å². The largest absolute Gasteiger partial charge is 0.475 e. The van der Waals surface area contributed by atoms with Crippen LogP contribution in [0.2, 0.25) is 0 Å². The van der Waals surface area contributed by atoms with Gasteiger partial charge in [0.2, 0.25) is 5.90 Å². The molecule has 110 valence electrons. The lowest BCUT2D eigenvalue weighted by Gasteiger charge is -2.03. The number of aliphatic imine (C=N–C) groups is 1. The molecule has 4 rings (SSSR count). The van der Waals surface area contributed by atoms with Gasteiger partial charge in [-0.2, -0.15) is 0 Å². The number of nitrogens with zero attached hydrogens (tertiary/aromatic N) is 1. The Labute approximate surface area is 141 Å². The lowest BCUT2D eigenvalue weighted by Crippen LogP contribution is -2.09. The Morgan fingerprint density at radius 1 is 1.14 bits per heavy atom. The summed E-state index contributed by atoms with van der Waals surface area (Å²) in [5.41, 5.74) is 2.39. The standard InChI is InChI=1S/C18H14BrNOS/c19-16-7-3-1-6-15(16)18-20-13(10-21-18)9-12-11-22-17-8-4-2-5-14(12)17/h1-8,11,13H,9-10H2/t13-/m0/s1. The molecular weight excluding hydrogens is 358 g/mol. The fourth-order valence-corrected chi connectivity index (χ4v) is 4.18. The zero-order valence-electron chi connectivity index (χ0n) is 11.8. The van der Waals surface area contributed by atoms with Crippen LogP contribution in [0.1, 0.15) is 11.1 Å². The molecule has 2 nitrogen and oxygen atoms in total. The molecule has 1 atom stereocenters. The first kappa shape index (κ1) is 14.0. The number of thiophene rings is 1. The molecule has 0 saturated carbocycles. The number of fused-ring (bicyclic) bond motifs is 1. The molecule has 0 N–H and O–H groups in total. The average molecular weight is 372 g/mol. The van der Waals surface area contributed by atoms with Crippen molar-refractivity contribution in [2.75, 3.05) is 6.61 Å². The molecule has 22 heavy (non-hydrogen) atoms. The summed E-state index contributed by atoms with van der Waals surface area (Å²) in [7, 11) is 0. The number of hydrogen-bond donors (Lipinski definition) is 0. The zero-order valence-corrected chi connectivity index (χ0v) is 14.2. The summed E-state index contributed by atoms with van der Waals surface area (Å²) in [5, 5.41) is 3.59. The summed E-state index contributed by atoms with van der Waals surface area (Å²) in [5.74, 6) is 0.747. The van der Waals surface area contributed by atoms with Crippen molar-refractivity contribution in [2.45, 2.75) is 12.5 Å². The van der Waals surface area contributed by atoms with Gasteiger partial charge in [0, 0.05) is 9.17 Å². The summed E-state index contributed by atoms with van der Waals surface area (Å²) >= 11 is 5.36. The van der Waals surface area contributed by atoms with Crippen LogP contribution in [0, 0.1) is 0 Å². The van der Waals surface area contributed by atoms with E-state index in [1.54, 1.807) is 11.3 Å². The van der Waals surface area contributed by atoms with E-state index >= 15 is 0 Å². The van der Waals surface area contributed by atoms with E-state index in [4.69, 9.17) is 9.73 Å². The van der Waals surface area contributed by atoms with Gasteiger partial charge >= 0.3 is 0 Å². The fraction of sp³-hybridized carbons (Fsp3) is 0.167.